The van der Waals surface area contributed by atoms with Crippen LogP contribution in [0.2, 0.25) is 0 Å². The Labute approximate surface area is 96.4 Å². The van der Waals surface area contributed by atoms with Gasteiger partial charge in [0.2, 0.25) is 10.0 Å². The first-order chi connectivity index (χ1) is 7.23. The summed E-state index contributed by atoms with van der Waals surface area (Å²) in [5, 5.41) is 8.79. The van der Waals surface area contributed by atoms with Crippen LogP contribution < -0.4 is 4.72 Å². The minimum absolute atomic E-state index is 0.499. The number of para-hydroxylation sites is 1. The first-order valence-electron chi connectivity index (χ1n) is 5.02. The zero-order valence-corrected chi connectivity index (χ0v) is 10.5. The molecule has 0 aliphatic carbocycles. The molecule has 0 aromatic heterocycles. The minimum atomic E-state index is -3.57. The van der Waals surface area contributed by atoms with E-state index in [4.69, 9.17) is 0 Å². The van der Waals surface area contributed by atoms with Crippen molar-refractivity contribution >= 4 is 15.7 Å². The molecule has 0 amide bonds. The van der Waals surface area contributed by atoms with Crippen LogP contribution in [0, 0.1) is 0 Å². The van der Waals surface area contributed by atoms with Crippen molar-refractivity contribution in [2.45, 2.75) is 31.6 Å². The van der Waals surface area contributed by atoms with E-state index in [0.29, 0.717) is 5.69 Å². The average Bonchev–Trinajstić information content (AvgIpc) is 2.16. The second kappa shape index (κ2) is 4.43. The third kappa shape index (κ3) is 3.21. The molecule has 1 rings (SSSR count). The molecular weight excluding hydrogens is 226 g/mol. The van der Waals surface area contributed by atoms with Crippen LogP contribution in [0.25, 0.3) is 0 Å². The second-order valence-corrected chi connectivity index (χ2v) is 6.31. The maximum Gasteiger partial charge on any atom is 0.238 e. The lowest BCUT2D eigenvalue weighted by Crippen LogP contribution is -2.42. The molecule has 5 heteroatoms. The molecule has 0 aliphatic rings. The standard InChI is InChI=1S/C11H17NO3S/c1-9(11(2,3)13)16(14,15)12-10-7-5-4-6-8-10/h4-9,12-13H,1-3H3. The summed E-state index contributed by atoms with van der Waals surface area (Å²) in [6.07, 6.45) is 0. The van der Waals surface area contributed by atoms with Crippen LogP contribution in [0.1, 0.15) is 20.8 Å². The number of aliphatic hydroxyl groups is 1. The highest BCUT2D eigenvalue weighted by atomic mass is 32.2. The van der Waals surface area contributed by atoms with E-state index in [9.17, 15) is 13.5 Å². The fourth-order valence-corrected chi connectivity index (χ4v) is 2.54. The van der Waals surface area contributed by atoms with E-state index < -0.39 is 20.9 Å². The first kappa shape index (κ1) is 13.0. The fraction of sp³-hybridized carbons (Fsp3) is 0.455. The lowest BCUT2D eigenvalue weighted by Gasteiger charge is -2.25. The molecule has 1 aromatic rings. The van der Waals surface area contributed by atoms with Gasteiger partial charge in [0.25, 0.3) is 0 Å². The molecule has 0 radical (unpaired) electrons. The predicted octanol–water partition coefficient (Wildman–Crippen LogP) is 1.59. The van der Waals surface area contributed by atoms with E-state index in [1.165, 1.54) is 20.8 Å². The maximum absolute atomic E-state index is 11.9. The number of rotatable bonds is 4. The van der Waals surface area contributed by atoms with Gasteiger partial charge in [-0.25, -0.2) is 8.42 Å². The highest BCUT2D eigenvalue weighted by molar-refractivity contribution is 7.93. The van der Waals surface area contributed by atoms with Gasteiger partial charge in [-0.3, -0.25) is 4.72 Å². The average molecular weight is 243 g/mol. The molecule has 0 aliphatic heterocycles. The topological polar surface area (TPSA) is 66.4 Å². The number of hydrogen-bond donors (Lipinski definition) is 2. The van der Waals surface area contributed by atoms with Gasteiger partial charge in [0.15, 0.2) is 0 Å². The summed E-state index contributed by atoms with van der Waals surface area (Å²) in [6.45, 7) is 4.43. The predicted molar refractivity (Wildman–Crippen MR) is 64.7 cm³/mol. The van der Waals surface area contributed by atoms with Gasteiger partial charge in [-0.15, -0.1) is 0 Å². The van der Waals surface area contributed by atoms with Gasteiger partial charge in [-0.05, 0) is 32.9 Å². The Morgan fingerprint density at radius 1 is 1.25 bits per heavy atom. The SMILES string of the molecule is CC(C(C)(C)O)S(=O)(=O)Nc1ccccc1. The molecule has 1 atom stereocenters. The molecule has 0 saturated carbocycles. The smallest absolute Gasteiger partial charge is 0.238 e. The summed E-state index contributed by atoms with van der Waals surface area (Å²) in [5.74, 6) is 0. The monoisotopic (exact) mass is 243 g/mol. The lowest BCUT2D eigenvalue weighted by molar-refractivity contribution is 0.0798. The molecule has 1 aromatic carbocycles. The van der Waals surface area contributed by atoms with Crippen LogP contribution in [-0.2, 0) is 10.0 Å². The molecule has 0 saturated heterocycles. The molecule has 0 fully saturated rings. The van der Waals surface area contributed by atoms with Crippen molar-refractivity contribution in [1.29, 1.82) is 0 Å². The Bertz CT molecular complexity index is 434. The third-order valence-electron chi connectivity index (χ3n) is 2.49. The maximum atomic E-state index is 11.9. The minimum Gasteiger partial charge on any atom is -0.389 e. The zero-order chi connectivity index (χ0) is 12.4. The van der Waals surface area contributed by atoms with Gasteiger partial charge in [-0.2, -0.15) is 0 Å². The molecule has 0 heterocycles. The first-order valence-corrected chi connectivity index (χ1v) is 6.57. The van der Waals surface area contributed by atoms with E-state index in [0.717, 1.165) is 0 Å². The van der Waals surface area contributed by atoms with Gasteiger partial charge in [0.05, 0.1) is 5.60 Å². The van der Waals surface area contributed by atoms with Crippen molar-refractivity contribution in [3.05, 3.63) is 30.3 Å². The molecule has 16 heavy (non-hydrogen) atoms. The summed E-state index contributed by atoms with van der Waals surface area (Å²) in [4.78, 5) is 0. The van der Waals surface area contributed by atoms with E-state index in [-0.39, 0.29) is 0 Å². The van der Waals surface area contributed by atoms with Gasteiger partial charge < -0.3 is 5.11 Å². The normalized spacial score (nSPS) is 14.5. The van der Waals surface area contributed by atoms with Gasteiger partial charge in [-0.1, -0.05) is 18.2 Å². The molecule has 2 N–H and O–H groups in total. The Morgan fingerprint density at radius 3 is 2.19 bits per heavy atom. The van der Waals surface area contributed by atoms with Crippen LogP contribution in [0.4, 0.5) is 5.69 Å². The number of sulfonamides is 1. The largest absolute Gasteiger partial charge is 0.389 e. The molecule has 90 valence electrons. The summed E-state index contributed by atoms with van der Waals surface area (Å²) >= 11 is 0. The van der Waals surface area contributed by atoms with E-state index in [1.807, 2.05) is 0 Å². The molecule has 1 unspecified atom stereocenters. The fourth-order valence-electron chi connectivity index (χ4n) is 1.14. The van der Waals surface area contributed by atoms with E-state index in [2.05, 4.69) is 4.72 Å². The quantitative estimate of drug-likeness (QED) is 0.844. The lowest BCUT2D eigenvalue weighted by atomic mass is 10.1. The van der Waals surface area contributed by atoms with Crippen LogP contribution in [0.15, 0.2) is 30.3 Å². The highest BCUT2D eigenvalue weighted by Gasteiger charge is 2.33. The Hall–Kier alpha value is -1.07. The van der Waals surface area contributed by atoms with Crippen LogP contribution >= 0.6 is 0 Å². The van der Waals surface area contributed by atoms with Gasteiger partial charge >= 0.3 is 0 Å². The van der Waals surface area contributed by atoms with Crippen LogP contribution in [0.5, 0.6) is 0 Å². The van der Waals surface area contributed by atoms with Crippen molar-refractivity contribution in [3.8, 4) is 0 Å². The summed E-state index contributed by atoms with van der Waals surface area (Å²) in [6, 6.07) is 8.61. The second-order valence-electron chi connectivity index (χ2n) is 4.31. The Morgan fingerprint density at radius 2 is 1.75 bits per heavy atom. The number of anilines is 1. The Kier molecular flexibility index (Phi) is 3.60. The summed E-state index contributed by atoms with van der Waals surface area (Å²) in [5.41, 5.74) is -0.778. The highest BCUT2D eigenvalue weighted by Crippen LogP contribution is 2.19. The third-order valence-corrected chi connectivity index (χ3v) is 4.52. The van der Waals surface area contributed by atoms with Crippen molar-refractivity contribution in [2.24, 2.45) is 0 Å². The zero-order valence-electron chi connectivity index (χ0n) is 9.64. The number of nitrogens with one attached hydrogen (secondary N) is 1. The van der Waals surface area contributed by atoms with Gasteiger partial charge in [0.1, 0.15) is 5.25 Å². The molecule has 0 bridgehead atoms. The van der Waals surface area contributed by atoms with Crippen molar-refractivity contribution in [2.75, 3.05) is 4.72 Å². The van der Waals surface area contributed by atoms with Crippen molar-refractivity contribution in [3.63, 3.8) is 0 Å². The van der Waals surface area contributed by atoms with E-state index >= 15 is 0 Å². The van der Waals surface area contributed by atoms with Crippen molar-refractivity contribution in [1.82, 2.24) is 0 Å². The number of benzene rings is 1. The van der Waals surface area contributed by atoms with Crippen molar-refractivity contribution < 1.29 is 13.5 Å². The molecule has 0 spiro atoms. The van der Waals surface area contributed by atoms with Crippen LogP contribution in [0.3, 0.4) is 0 Å². The molecule has 4 nitrogen and oxygen atoms in total. The molecular formula is C11H17NO3S. The van der Waals surface area contributed by atoms with Gasteiger partial charge in [0, 0.05) is 5.69 Å². The van der Waals surface area contributed by atoms with E-state index in [1.54, 1.807) is 30.3 Å². The summed E-state index contributed by atoms with van der Waals surface area (Å²) in [7, 11) is -3.57. The summed E-state index contributed by atoms with van der Waals surface area (Å²) < 4.78 is 26.2. The Balaban J connectivity index is 2.89. The van der Waals surface area contributed by atoms with Crippen LogP contribution in [-0.4, -0.2) is 24.4 Å². The number of hydrogen-bond acceptors (Lipinski definition) is 3.